The van der Waals surface area contributed by atoms with Crippen LogP contribution in [-0.4, -0.2) is 37.9 Å². The minimum absolute atomic E-state index is 0.192. The van der Waals surface area contributed by atoms with Gasteiger partial charge in [0, 0.05) is 30.3 Å². The molecule has 4 rings (SSSR count). The number of thioether (sulfide) groups is 1. The van der Waals surface area contributed by atoms with Gasteiger partial charge in [-0.15, -0.1) is 0 Å². The molecule has 31 heavy (non-hydrogen) atoms. The third kappa shape index (κ3) is 4.65. The summed E-state index contributed by atoms with van der Waals surface area (Å²) in [6, 6.07) is 10.3. The number of anilines is 1. The van der Waals surface area contributed by atoms with Gasteiger partial charge in [0.25, 0.3) is 0 Å². The molecule has 8 heteroatoms. The zero-order valence-corrected chi connectivity index (χ0v) is 18.3. The summed E-state index contributed by atoms with van der Waals surface area (Å²) in [5.74, 6) is -0.0245. The Labute approximate surface area is 184 Å². The van der Waals surface area contributed by atoms with Crippen LogP contribution in [-0.2, 0) is 4.79 Å². The van der Waals surface area contributed by atoms with E-state index in [0.717, 1.165) is 53.4 Å². The normalized spacial score (nSPS) is 18.7. The number of hydrogen-bond acceptors (Lipinski definition) is 5. The van der Waals surface area contributed by atoms with E-state index in [4.69, 9.17) is 4.98 Å². The molecule has 1 aliphatic rings. The van der Waals surface area contributed by atoms with Crippen LogP contribution in [0.15, 0.2) is 47.8 Å². The summed E-state index contributed by atoms with van der Waals surface area (Å²) >= 11 is 1.56. The van der Waals surface area contributed by atoms with E-state index in [0.29, 0.717) is 5.82 Å². The van der Waals surface area contributed by atoms with Crippen LogP contribution in [0.1, 0.15) is 38.6 Å². The average molecular weight is 441 g/mol. The Hall–Kier alpha value is -2.71. The van der Waals surface area contributed by atoms with Gasteiger partial charge in [-0.25, -0.2) is 14.4 Å². The highest BCUT2D eigenvalue weighted by Crippen LogP contribution is 2.41. The van der Waals surface area contributed by atoms with Crippen LogP contribution < -0.4 is 5.32 Å². The van der Waals surface area contributed by atoms with Crippen LogP contribution in [0, 0.1) is 5.82 Å². The second kappa shape index (κ2) is 9.20. The third-order valence-corrected chi connectivity index (χ3v) is 6.20. The van der Waals surface area contributed by atoms with Crippen LogP contribution in [0.5, 0.6) is 0 Å². The number of imidazole rings is 1. The van der Waals surface area contributed by atoms with Gasteiger partial charge in [-0.3, -0.25) is 4.79 Å². The van der Waals surface area contributed by atoms with Crippen molar-refractivity contribution < 1.29 is 14.3 Å². The smallest absolute Gasteiger partial charge is 0.222 e. The van der Waals surface area contributed by atoms with E-state index in [9.17, 15) is 14.3 Å². The lowest BCUT2D eigenvalue weighted by Gasteiger charge is -2.29. The minimum Gasteiger partial charge on any atom is -0.393 e. The van der Waals surface area contributed by atoms with E-state index in [1.165, 1.54) is 19.1 Å². The van der Waals surface area contributed by atoms with Crippen molar-refractivity contribution in [3.63, 3.8) is 0 Å². The molecule has 6 nitrogen and oxygen atoms in total. The number of hydrogen-bond donors (Lipinski definition) is 2. The molecule has 0 radical (unpaired) electrons. The molecule has 0 bridgehead atoms. The monoisotopic (exact) mass is 440 g/mol. The number of aliphatic hydroxyl groups is 1. The van der Waals surface area contributed by atoms with Gasteiger partial charge in [0.1, 0.15) is 11.6 Å². The highest BCUT2D eigenvalue weighted by atomic mass is 32.2. The molecule has 0 atom stereocenters. The van der Waals surface area contributed by atoms with Crippen LogP contribution >= 0.6 is 11.8 Å². The van der Waals surface area contributed by atoms with E-state index in [2.05, 4.69) is 14.9 Å². The van der Waals surface area contributed by atoms with Crippen LogP contribution in [0.4, 0.5) is 10.2 Å². The summed E-state index contributed by atoms with van der Waals surface area (Å²) in [5.41, 5.74) is 3.36. The number of aliphatic hydroxyl groups excluding tert-OH is 1. The Morgan fingerprint density at radius 3 is 2.52 bits per heavy atom. The van der Waals surface area contributed by atoms with Crippen molar-refractivity contribution in [2.75, 3.05) is 11.6 Å². The number of pyridine rings is 1. The number of rotatable bonds is 5. The molecular weight excluding hydrogens is 415 g/mol. The lowest BCUT2D eigenvalue weighted by atomic mass is 9.92. The predicted molar refractivity (Wildman–Crippen MR) is 120 cm³/mol. The Balaban J connectivity index is 1.90. The highest BCUT2D eigenvalue weighted by molar-refractivity contribution is 7.98. The summed E-state index contributed by atoms with van der Waals surface area (Å²) < 4.78 is 15.8. The fourth-order valence-electron chi connectivity index (χ4n) is 4.12. The van der Waals surface area contributed by atoms with E-state index in [-0.39, 0.29) is 23.9 Å². The van der Waals surface area contributed by atoms with E-state index in [1.807, 2.05) is 18.4 Å². The number of aromatic nitrogens is 3. The molecule has 1 fully saturated rings. The summed E-state index contributed by atoms with van der Waals surface area (Å²) in [6.07, 6.45) is 6.59. The molecule has 2 aromatic heterocycles. The molecule has 0 unspecified atom stereocenters. The number of benzene rings is 1. The molecule has 162 valence electrons. The maximum Gasteiger partial charge on any atom is 0.222 e. The first-order valence-electron chi connectivity index (χ1n) is 10.3. The van der Waals surface area contributed by atoms with Crippen molar-refractivity contribution in [1.82, 2.24) is 14.5 Å². The molecule has 1 saturated carbocycles. The van der Waals surface area contributed by atoms with Crippen LogP contribution in [0.3, 0.4) is 0 Å². The topological polar surface area (TPSA) is 80.0 Å². The lowest BCUT2D eigenvalue weighted by Crippen LogP contribution is -2.22. The Morgan fingerprint density at radius 1 is 1.16 bits per heavy atom. The second-order valence-corrected chi connectivity index (χ2v) is 8.52. The minimum atomic E-state index is -0.298. The zero-order chi connectivity index (χ0) is 22.0. The summed E-state index contributed by atoms with van der Waals surface area (Å²) in [7, 11) is 0. The molecule has 1 aromatic carbocycles. The SMILES string of the molecule is CSc1nc(-c2ccc(F)cc2)c(-c2ccnc(NC(C)=O)c2)n1C1CCC(O)CC1. The summed E-state index contributed by atoms with van der Waals surface area (Å²) in [4.78, 5) is 20.7. The number of amides is 1. The summed E-state index contributed by atoms with van der Waals surface area (Å²) in [5, 5.41) is 13.6. The largest absolute Gasteiger partial charge is 0.393 e. The van der Waals surface area contributed by atoms with Crippen molar-refractivity contribution in [3.05, 3.63) is 48.4 Å². The number of halogens is 1. The Morgan fingerprint density at radius 2 is 1.87 bits per heavy atom. The average Bonchev–Trinajstić information content (AvgIpc) is 3.14. The molecule has 1 aliphatic carbocycles. The van der Waals surface area contributed by atoms with Gasteiger partial charge in [-0.05, 0) is 68.3 Å². The fourth-order valence-corrected chi connectivity index (χ4v) is 4.74. The molecule has 0 spiro atoms. The van der Waals surface area contributed by atoms with E-state index < -0.39 is 0 Å². The van der Waals surface area contributed by atoms with Gasteiger partial charge < -0.3 is 15.0 Å². The van der Waals surface area contributed by atoms with Crippen LogP contribution in [0.25, 0.3) is 22.5 Å². The molecule has 3 aromatic rings. The maximum absolute atomic E-state index is 13.6. The molecule has 1 amide bonds. The maximum atomic E-state index is 13.6. The molecule has 0 aliphatic heterocycles. The van der Waals surface area contributed by atoms with Crippen LogP contribution in [0.2, 0.25) is 0 Å². The number of carbonyl (C=O) groups is 1. The summed E-state index contributed by atoms with van der Waals surface area (Å²) in [6.45, 7) is 1.45. The van der Waals surface area contributed by atoms with Gasteiger partial charge >= 0.3 is 0 Å². The van der Waals surface area contributed by atoms with Gasteiger partial charge in [-0.2, -0.15) is 0 Å². The number of nitrogens with one attached hydrogen (secondary N) is 1. The third-order valence-electron chi connectivity index (χ3n) is 5.55. The van der Waals surface area contributed by atoms with Crippen molar-refractivity contribution in [2.45, 2.75) is 49.9 Å². The lowest BCUT2D eigenvalue weighted by molar-refractivity contribution is -0.114. The highest BCUT2D eigenvalue weighted by Gasteiger charge is 2.28. The second-order valence-electron chi connectivity index (χ2n) is 7.75. The Bertz CT molecular complexity index is 1080. The zero-order valence-electron chi connectivity index (χ0n) is 17.5. The van der Waals surface area contributed by atoms with Gasteiger partial charge in [0.2, 0.25) is 5.91 Å². The van der Waals surface area contributed by atoms with Crippen molar-refractivity contribution >= 4 is 23.5 Å². The quantitative estimate of drug-likeness (QED) is 0.551. The standard InChI is InChI=1S/C23H25FN4O2S/c1-14(29)26-20-13-16(11-12-25-20)22-21(15-3-5-17(24)6-4-15)27-23(31-2)28(22)18-7-9-19(30)10-8-18/h3-6,11-13,18-19,30H,7-10H2,1-2H3,(H,25,26,29). The van der Waals surface area contributed by atoms with Crippen molar-refractivity contribution in [1.29, 1.82) is 0 Å². The molecule has 0 saturated heterocycles. The number of nitrogens with zero attached hydrogens (tertiary/aromatic N) is 3. The molecule has 2 N–H and O–H groups in total. The molecule has 2 heterocycles. The van der Waals surface area contributed by atoms with Gasteiger partial charge in [-0.1, -0.05) is 11.8 Å². The van der Waals surface area contributed by atoms with Crippen molar-refractivity contribution in [2.24, 2.45) is 0 Å². The predicted octanol–water partition coefficient (Wildman–Crippen LogP) is 4.91. The first-order chi connectivity index (χ1) is 15.0. The first-order valence-corrected chi connectivity index (χ1v) is 11.5. The van der Waals surface area contributed by atoms with Crippen molar-refractivity contribution in [3.8, 4) is 22.5 Å². The van der Waals surface area contributed by atoms with Gasteiger partial charge in [0.15, 0.2) is 5.16 Å². The van der Waals surface area contributed by atoms with E-state index >= 15 is 0 Å². The van der Waals surface area contributed by atoms with Gasteiger partial charge in [0.05, 0.1) is 17.5 Å². The fraction of sp³-hybridized carbons (Fsp3) is 0.348. The first kappa shape index (κ1) is 21.5. The number of carbonyl (C=O) groups excluding carboxylic acids is 1. The molecular formula is C23H25FN4O2S. The Kier molecular flexibility index (Phi) is 6.38. The van der Waals surface area contributed by atoms with E-state index in [1.54, 1.807) is 30.1 Å².